The molecule has 0 spiro atoms. The van der Waals surface area contributed by atoms with Gasteiger partial charge in [0, 0.05) is 11.0 Å². The SMILES string of the molecule is CSc1cc(C(=O)Nc2cc(C)on2)c(Cl)cc1Cl. The van der Waals surface area contributed by atoms with E-state index in [4.69, 9.17) is 27.7 Å². The molecular weight excluding hydrogens is 307 g/mol. The fourth-order valence-electron chi connectivity index (χ4n) is 1.47. The van der Waals surface area contributed by atoms with Gasteiger partial charge in [-0.15, -0.1) is 11.8 Å². The minimum Gasteiger partial charge on any atom is -0.360 e. The minimum absolute atomic E-state index is 0.292. The first-order chi connectivity index (χ1) is 9.01. The van der Waals surface area contributed by atoms with Gasteiger partial charge < -0.3 is 9.84 Å². The van der Waals surface area contributed by atoms with Crippen molar-refractivity contribution in [2.24, 2.45) is 0 Å². The molecule has 0 aliphatic heterocycles. The van der Waals surface area contributed by atoms with Crippen LogP contribution in [0.3, 0.4) is 0 Å². The highest BCUT2D eigenvalue weighted by Gasteiger charge is 2.15. The average Bonchev–Trinajstić information content (AvgIpc) is 2.74. The van der Waals surface area contributed by atoms with Gasteiger partial charge in [0.25, 0.3) is 5.91 Å². The van der Waals surface area contributed by atoms with Crippen molar-refractivity contribution < 1.29 is 9.32 Å². The number of carbonyl (C=O) groups excluding carboxylic acids is 1. The molecule has 0 atom stereocenters. The summed E-state index contributed by atoms with van der Waals surface area (Å²) >= 11 is 13.5. The first kappa shape index (κ1) is 14.2. The zero-order valence-corrected chi connectivity index (χ0v) is 12.5. The topological polar surface area (TPSA) is 55.1 Å². The van der Waals surface area contributed by atoms with Crippen molar-refractivity contribution in [1.29, 1.82) is 0 Å². The Kier molecular flexibility index (Phi) is 4.39. The lowest BCUT2D eigenvalue weighted by atomic mass is 10.2. The van der Waals surface area contributed by atoms with Crippen molar-refractivity contribution in [1.82, 2.24) is 5.16 Å². The van der Waals surface area contributed by atoms with Gasteiger partial charge in [-0.05, 0) is 25.3 Å². The van der Waals surface area contributed by atoms with E-state index in [1.165, 1.54) is 11.8 Å². The van der Waals surface area contributed by atoms with Gasteiger partial charge in [-0.1, -0.05) is 28.4 Å². The van der Waals surface area contributed by atoms with Crippen molar-refractivity contribution in [3.05, 3.63) is 39.6 Å². The minimum atomic E-state index is -0.356. The number of benzene rings is 1. The predicted octanol–water partition coefficient (Wildman–Crippen LogP) is 4.26. The van der Waals surface area contributed by atoms with Crippen LogP contribution in [0, 0.1) is 6.92 Å². The van der Waals surface area contributed by atoms with Gasteiger partial charge in [0.2, 0.25) is 0 Å². The number of aromatic nitrogens is 1. The third kappa shape index (κ3) is 3.23. The maximum atomic E-state index is 12.1. The fraction of sp³-hybridized carbons (Fsp3) is 0.167. The van der Waals surface area contributed by atoms with Crippen molar-refractivity contribution >= 4 is 46.7 Å². The largest absolute Gasteiger partial charge is 0.360 e. The highest BCUT2D eigenvalue weighted by atomic mass is 35.5. The summed E-state index contributed by atoms with van der Waals surface area (Å²) in [7, 11) is 0. The zero-order valence-electron chi connectivity index (χ0n) is 10.2. The average molecular weight is 317 g/mol. The quantitative estimate of drug-likeness (QED) is 0.859. The van der Waals surface area contributed by atoms with Crippen LogP contribution in [-0.2, 0) is 0 Å². The lowest BCUT2D eigenvalue weighted by molar-refractivity contribution is 0.102. The number of aryl methyl sites for hydroxylation is 1. The molecule has 1 heterocycles. The second-order valence-corrected chi connectivity index (χ2v) is 5.41. The lowest BCUT2D eigenvalue weighted by Crippen LogP contribution is -2.12. The summed E-state index contributed by atoms with van der Waals surface area (Å²) in [6.45, 7) is 1.74. The van der Waals surface area contributed by atoms with Crippen LogP contribution in [0.4, 0.5) is 5.82 Å². The number of nitrogens with one attached hydrogen (secondary N) is 1. The third-order valence-electron chi connectivity index (χ3n) is 2.36. The smallest absolute Gasteiger partial charge is 0.258 e. The molecule has 0 saturated heterocycles. The van der Waals surface area contributed by atoms with E-state index in [0.717, 1.165) is 4.90 Å². The first-order valence-corrected chi connectivity index (χ1v) is 7.27. The summed E-state index contributed by atoms with van der Waals surface area (Å²) in [5.74, 6) is 0.604. The van der Waals surface area contributed by atoms with E-state index in [0.29, 0.717) is 27.2 Å². The Morgan fingerprint density at radius 2 is 2.05 bits per heavy atom. The second-order valence-electron chi connectivity index (χ2n) is 3.74. The standard InChI is InChI=1S/C12H10Cl2N2O2S/c1-6-3-11(16-18-6)15-12(17)7-4-10(19-2)9(14)5-8(7)13/h3-5H,1-2H3,(H,15,16,17). The van der Waals surface area contributed by atoms with Crippen LogP contribution >= 0.6 is 35.0 Å². The summed E-state index contributed by atoms with van der Waals surface area (Å²) in [6.07, 6.45) is 1.87. The molecule has 0 bridgehead atoms. The van der Waals surface area contributed by atoms with Crippen molar-refractivity contribution in [2.75, 3.05) is 11.6 Å². The van der Waals surface area contributed by atoms with Gasteiger partial charge in [-0.25, -0.2) is 0 Å². The molecule has 0 saturated carbocycles. The van der Waals surface area contributed by atoms with Gasteiger partial charge in [0.15, 0.2) is 5.82 Å². The molecule has 0 unspecified atom stereocenters. The Hall–Kier alpha value is -1.17. The molecule has 100 valence electrons. The second kappa shape index (κ2) is 5.86. The molecule has 1 amide bonds. The highest BCUT2D eigenvalue weighted by Crippen LogP contribution is 2.31. The van der Waals surface area contributed by atoms with Crippen LogP contribution in [0.5, 0.6) is 0 Å². The molecule has 0 radical (unpaired) electrons. The predicted molar refractivity (Wildman–Crippen MR) is 77.4 cm³/mol. The number of amides is 1. The molecule has 7 heteroatoms. The monoisotopic (exact) mass is 316 g/mol. The van der Waals surface area contributed by atoms with E-state index in [9.17, 15) is 4.79 Å². The van der Waals surface area contributed by atoms with Crippen LogP contribution in [0.15, 0.2) is 27.6 Å². The molecule has 0 fully saturated rings. The summed E-state index contributed by atoms with van der Waals surface area (Å²) < 4.78 is 4.87. The van der Waals surface area contributed by atoms with E-state index >= 15 is 0 Å². The molecular formula is C12H10Cl2N2O2S. The molecule has 2 aromatic rings. The number of rotatable bonds is 3. The Bertz CT molecular complexity index is 628. The van der Waals surface area contributed by atoms with Crippen molar-refractivity contribution in [3.63, 3.8) is 0 Å². The number of thioether (sulfide) groups is 1. The number of anilines is 1. The van der Waals surface area contributed by atoms with Gasteiger partial charge in [-0.2, -0.15) is 0 Å². The summed E-state index contributed by atoms with van der Waals surface area (Å²) in [5.41, 5.74) is 0.344. The molecule has 19 heavy (non-hydrogen) atoms. The number of hydrogen-bond donors (Lipinski definition) is 1. The summed E-state index contributed by atoms with van der Waals surface area (Å²) in [6, 6.07) is 4.83. The van der Waals surface area contributed by atoms with Gasteiger partial charge in [0.1, 0.15) is 5.76 Å². The van der Waals surface area contributed by atoms with E-state index < -0.39 is 0 Å². The van der Waals surface area contributed by atoms with Crippen LogP contribution in [0.25, 0.3) is 0 Å². The maximum Gasteiger partial charge on any atom is 0.258 e. The van der Waals surface area contributed by atoms with Gasteiger partial charge in [-0.3, -0.25) is 4.79 Å². The van der Waals surface area contributed by atoms with E-state index in [2.05, 4.69) is 10.5 Å². The molecule has 2 rings (SSSR count). The molecule has 1 aromatic heterocycles. The van der Waals surface area contributed by atoms with E-state index in [1.54, 1.807) is 25.1 Å². The summed E-state index contributed by atoms with van der Waals surface area (Å²) in [4.78, 5) is 12.9. The first-order valence-electron chi connectivity index (χ1n) is 5.29. The van der Waals surface area contributed by atoms with Crippen LogP contribution in [-0.4, -0.2) is 17.3 Å². The zero-order chi connectivity index (χ0) is 14.0. The number of nitrogens with zero attached hydrogens (tertiary/aromatic N) is 1. The summed E-state index contributed by atoms with van der Waals surface area (Å²) in [5, 5.41) is 7.11. The van der Waals surface area contributed by atoms with E-state index in [1.807, 2.05) is 6.26 Å². The van der Waals surface area contributed by atoms with Crippen LogP contribution < -0.4 is 5.32 Å². The highest BCUT2D eigenvalue weighted by molar-refractivity contribution is 7.98. The fourth-order valence-corrected chi connectivity index (χ4v) is 2.66. The van der Waals surface area contributed by atoms with Crippen molar-refractivity contribution in [3.8, 4) is 0 Å². The Labute approximate surface area is 124 Å². The molecule has 4 nitrogen and oxygen atoms in total. The normalized spacial score (nSPS) is 10.5. The molecule has 1 N–H and O–H groups in total. The molecule has 0 aliphatic rings. The molecule has 1 aromatic carbocycles. The maximum absolute atomic E-state index is 12.1. The van der Waals surface area contributed by atoms with Crippen LogP contribution in [0.1, 0.15) is 16.1 Å². The lowest BCUT2D eigenvalue weighted by Gasteiger charge is -2.07. The van der Waals surface area contributed by atoms with Gasteiger partial charge in [0.05, 0.1) is 15.6 Å². The Morgan fingerprint density at radius 3 is 2.63 bits per heavy atom. The van der Waals surface area contributed by atoms with Crippen molar-refractivity contribution in [2.45, 2.75) is 11.8 Å². The van der Waals surface area contributed by atoms with E-state index in [-0.39, 0.29) is 5.91 Å². The number of halogens is 2. The number of carbonyl (C=O) groups is 1. The third-order valence-corrected chi connectivity index (χ3v) is 3.87. The van der Waals surface area contributed by atoms with Crippen LogP contribution in [0.2, 0.25) is 10.0 Å². The Balaban J connectivity index is 2.28. The number of hydrogen-bond acceptors (Lipinski definition) is 4. The Morgan fingerprint density at radius 1 is 1.32 bits per heavy atom. The van der Waals surface area contributed by atoms with Gasteiger partial charge >= 0.3 is 0 Å². The molecule has 0 aliphatic carbocycles.